The quantitative estimate of drug-likeness (QED) is 0.734. The van der Waals surface area contributed by atoms with Crippen LogP contribution in [0.15, 0.2) is 0 Å². The Kier molecular flexibility index (Phi) is 3.34. The first-order chi connectivity index (χ1) is 6.79. The molecule has 0 spiro atoms. The molecule has 1 N–H and O–H groups in total. The summed E-state index contributed by atoms with van der Waals surface area (Å²) in [7, 11) is 1.96. The first-order valence-electron chi connectivity index (χ1n) is 5.37. The zero-order valence-electron chi connectivity index (χ0n) is 8.66. The van der Waals surface area contributed by atoms with E-state index < -0.39 is 0 Å². The lowest BCUT2D eigenvalue weighted by atomic mass is 10.0. The maximum atomic E-state index is 11.9. The third-order valence-electron chi connectivity index (χ3n) is 3.15. The molecule has 0 bridgehead atoms. The molecule has 2 aliphatic heterocycles. The first kappa shape index (κ1) is 10.3. The molecule has 1 amide bonds. The largest absolute Gasteiger partial charge is 0.341 e. The minimum absolute atomic E-state index is 0.118. The Labute approximate surface area is 89.6 Å². The summed E-state index contributed by atoms with van der Waals surface area (Å²) in [6, 6.07) is 0.593. The summed E-state index contributed by atoms with van der Waals surface area (Å²) in [5, 5.41) is 3.17. The van der Waals surface area contributed by atoms with Crippen LogP contribution in [0.1, 0.15) is 19.3 Å². The molecule has 2 saturated heterocycles. The van der Waals surface area contributed by atoms with Gasteiger partial charge in [-0.15, -0.1) is 0 Å². The van der Waals surface area contributed by atoms with E-state index in [-0.39, 0.29) is 6.04 Å². The number of hydrogen-bond acceptors (Lipinski definition) is 3. The van der Waals surface area contributed by atoms with E-state index in [1.54, 1.807) is 0 Å². The van der Waals surface area contributed by atoms with Crippen molar-refractivity contribution in [3.05, 3.63) is 0 Å². The van der Waals surface area contributed by atoms with Gasteiger partial charge in [-0.3, -0.25) is 4.79 Å². The summed E-state index contributed by atoms with van der Waals surface area (Å²) in [4.78, 5) is 13.8. The van der Waals surface area contributed by atoms with E-state index in [0.29, 0.717) is 11.9 Å². The molecule has 2 fully saturated rings. The van der Waals surface area contributed by atoms with E-state index in [0.717, 1.165) is 18.7 Å². The number of likely N-dealkylation sites (N-methyl/N-ethyl adjacent to an activating group) is 1. The number of hydrogen-bond donors (Lipinski definition) is 1. The number of amides is 1. The standard InChI is InChI=1S/C10H18N2OS/c1-12(8-3-2-6-14-7-8)10(13)9-4-5-11-9/h8-9,11H,2-7H2,1H3. The van der Waals surface area contributed by atoms with Crippen LogP contribution in [0.2, 0.25) is 0 Å². The van der Waals surface area contributed by atoms with Crippen LogP contribution >= 0.6 is 11.8 Å². The molecule has 2 aliphatic rings. The van der Waals surface area contributed by atoms with E-state index in [1.807, 2.05) is 23.7 Å². The molecule has 3 nitrogen and oxygen atoms in total. The van der Waals surface area contributed by atoms with Crippen molar-refractivity contribution >= 4 is 17.7 Å². The molecule has 0 aliphatic carbocycles. The van der Waals surface area contributed by atoms with Gasteiger partial charge in [-0.25, -0.2) is 0 Å². The Balaban J connectivity index is 1.85. The maximum Gasteiger partial charge on any atom is 0.239 e. The SMILES string of the molecule is CN(C(=O)C1CCN1)C1CCCSC1. The summed E-state index contributed by atoms with van der Waals surface area (Å²) >= 11 is 1.97. The molecule has 0 aromatic heterocycles. The Morgan fingerprint density at radius 2 is 2.29 bits per heavy atom. The molecule has 2 atom stereocenters. The van der Waals surface area contributed by atoms with Crippen molar-refractivity contribution in [1.29, 1.82) is 0 Å². The summed E-state index contributed by atoms with van der Waals surface area (Å²) in [5.74, 6) is 2.68. The highest BCUT2D eigenvalue weighted by molar-refractivity contribution is 7.99. The van der Waals surface area contributed by atoms with Crippen LogP contribution in [-0.4, -0.2) is 48.0 Å². The van der Waals surface area contributed by atoms with Gasteiger partial charge in [0, 0.05) is 18.8 Å². The van der Waals surface area contributed by atoms with Gasteiger partial charge < -0.3 is 10.2 Å². The van der Waals surface area contributed by atoms with Crippen molar-refractivity contribution in [1.82, 2.24) is 10.2 Å². The molecular formula is C10H18N2OS. The molecule has 80 valence electrons. The third-order valence-corrected chi connectivity index (χ3v) is 4.35. The van der Waals surface area contributed by atoms with Gasteiger partial charge in [-0.1, -0.05) is 0 Å². The molecule has 14 heavy (non-hydrogen) atoms. The van der Waals surface area contributed by atoms with Crippen molar-refractivity contribution in [3.8, 4) is 0 Å². The summed E-state index contributed by atoms with van der Waals surface area (Å²) in [5.41, 5.74) is 0. The highest BCUT2D eigenvalue weighted by Gasteiger charge is 2.31. The summed E-state index contributed by atoms with van der Waals surface area (Å²) in [6.07, 6.45) is 3.45. The third kappa shape index (κ3) is 2.06. The van der Waals surface area contributed by atoms with Gasteiger partial charge >= 0.3 is 0 Å². The Hall–Kier alpha value is -0.220. The van der Waals surface area contributed by atoms with Gasteiger partial charge in [-0.05, 0) is 31.6 Å². The topological polar surface area (TPSA) is 32.3 Å². The summed E-state index contributed by atoms with van der Waals surface area (Å²) < 4.78 is 0. The number of nitrogens with one attached hydrogen (secondary N) is 1. The molecule has 4 heteroatoms. The fourth-order valence-electron chi connectivity index (χ4n) is 1.95. The lowest BCUT2D eigenvalue weighted by Crippen LogP contribution is -2.56. The van der Waals surface area contributed by atoms with E-state index in [2.05, 4.69) is 5.32 Å². The lowest BCUT2D eigenvalue weighted by Gasteiger charge is -2.36. The molecule has 0 saturated carbocycles. The van der Waals surface area contributed by atoms with Crippen LogP contribution in [0, 0.1) is 0 Å². The number of thioether (sulfide) groups is 1. The second kappa shape index (κ2) is 4.53. The molecule has 0 aromatic carbocycles. The van der Waals surface area contributed by atoms with E-state index in [1.165, 1.54) is 18.6 Å². The summed E-state index contributed by atoms with van der Waals surface area (Å²) in [6.45, 7) is 1.00. The molecule has 2 rings (SSSR count). The second-order valence-electron chi connectivity index (χ2n) is 4.12. The van der Waals surface area contributed by atoms with Gasteiger partial charge in [0.1, 0.15) is 0 Å². The molecule has 2 unspecified atom stereocenters. The van der Waals surface area contributed by atoms with Gasteiger partial charge in [-0.2, -0.15) is 11.8 Å². The fourth-order valence-corrected chi connectivity index (χ4v) is 3.15. The predicted octanol–water partition coefficient (Wildman–Crippen LogP) is 0.702. The molecule has 2 heterocycles. The number of carbonyl (C=O) groups excluding carboxylic acids is 1. The Morgan fingerprint density at radius 1 is 1.50 bits per heavy atom. The maximum absolute atomic E-state index is 11.9. The Morgan fingerprint density at radius 3 is 2.79 bits per heavy atom. The van der Waals surface area contributed by atoms with Crippen molar-refractivity contribution in [2.24, 2.45) is 0 Å². The van der Waals surface area contributed by atoms with Crippen molar-refractivity contribution in [3.63, 3.8) is 0 Å². The smallest absolute Gasteiger partial charge is 0.239 e. The van der Waals surface area contributed by atoms with Gasteiger partial charge in [0.05, 0.1) is 6.04 Å². The normalized spacial score (nSPS) is 32.1. The minimum atomic E-state index is 0.118. The molecule has 0 aromatic rings. The fraction of sp³-hybridized carbons (Fsp3) is 0.900. The average Bonchev–Trinajstić information content (AvgIpc) is 2.15. The molecular weight excluding hydrogens is 196 g/mol. The monoisotopic (exact) mass is 214 g/mol. The van der Waals surface area contributed by atoms with Crippen molar-refractivity contribution in [2.75, 3.05) is 25.1 Å². The number of rotatable bonds is 2. The van der Waals surface area contributed by atoms with Crippen LogP contribution in [0.4, 0.5) is 0 Å². The van der Waals surface area contributed by atoms with E-state index in [4.69, 9.17) is 0 Å². The van der Waals surface area contributed by atoms with E-state index >= 15 is 0 Å². The van der Waals surface area contributed by atoms with Crippen LogP contribution in [0.25, 0.3) is 0 Å². The molecule has 0 radical (unpaired) electrons. The highest BCUT2D eigenvalue weighted by Crippen LogP contribution is 2.21. The van der Waals surface area contributed by atoms with Crippen molar-refractivity contribution in [2.45, 2.75) is 31.3 Å². The first-order valence-corrected chi connectivity index (χ1v) is 6.52. The second-order valence-corrected chi connectivity index (χ2v) is 5.27. The van der Waals surface area contributed by atoms with Crippen molar-refractivity contribution < 1.29 is 4.79 Å². The number of carbonyl (C=O) groups is 1. The lowest BCUT2D eigenvalue weighted by molar-refractivity contribution is -0.135. The number of nitrogens with zero attached hydrogens (tertiary/aromatic N) is 1. The Bertz CT molecular complexity index is 212. The average molecular weight is 214 g/mol. The van der Waals surface area contributed by atoms with Gasteiger partial charge in [0.2, 0.25) is 5.91 Å². The van der Waals surface area contributed by atoms with Gasteiger partial charge in [0.25, 0.3) is 0 Å². The van der Waals surface area contributed by atoms with Crippen LogP contribution < -0.4 is 5.32 Å². The van der Waals surface area contributed by atoms with E-state index in [9.17, 15) is 4.79 Å². The minimum Gasteiger partial charge on any atom is -0.341 e. The van der Waals surface area contributed by atoms with Crippen LogP contribution in [0.5, 0.6) is 0 Å². The highest BCUT2D eigenvalue weighted by atomic mass is 32.2. The van der Waals surface area contributed by atoms with Crippen LogP contribution in [-0.2, 0) is 4.79 Å². The zero-order valence-corrected chi connectivity index (χ0v) is 9.48. The van der Waals surface area contributed by atoms with Crippen LogP contribution in [0.3, 0.4) is 0 Å². The van der Waals surface area contributed by atoms with Gasteiger partial charge in [0.15, 0.2) is 0 Å². The predicted molar refractivity (Wildman–Crippen MR) is 59.5 cm³/mol. The zero-order chi connectivity index (χ0) is 9.97.